The number of carbonyl (C=O) groups is 2. The third kappa shape index (κ3) is 2.58. The van der Waals surface area contributed by atoms with E-state index in [9.17, 15) is 9.59 Å². The third-order valence-corrected chi connectivity index (χ3v) is 6.07. The minimum Gasteiger partial charge on any atom is -0.361 e. The molecular formula is C22H24N4O2. The highest BCUT2D eigenvalue weighted by atomic mass is 16.2. The second-order valence-electron chi connectivity index (χ2n) is 8.05. The number of Topliss-reactive ketones (excluding diaryl/α,β-unsaturated/α-hetero) is 1. The molecule has 0 spiro atoms. The maximum Gasteiger partial charge on any atom is 0.257 e. The lowest BCUT2D eigenvalue weighted by Gasteiger charge is -2.24. The van der Waals surface area contributed by atoms with Crippen LogP contribution in [0.1, 0.15) is 75.2 Å². The molecule has 28 heavy (non-hydrogen) atoms. The smallest absolute Gasteiger partial charge is 0.257 e. The Bertz CT molecular complexity index is 1110. The summed E-state index contributed by atoms with van der Waals surface area (Å²) in [5.74, 6) is 0.869. The minimum absolute atomic E-state index is 0.0515. The van der Waals surface area contributed by atoms with E-state index in [-0.39, 0.29) is 17.7 Å². The van der Waals surface area contributed by atoms with Gasteiger partial charge in [0, 0.05) is 24.4 Å². The number of carbonyl (C=O) groups excluding carboxylic acids is 2. The maximum absolute atomic E-state index is 13.5. The van der Waals surface area contributed by atoms with E-state index >= 15 is 0 Å². The molecule has 3 aromatic rings. The number of aromatic amines is 2. The molecule has 144 valence electrons. The molecule has 0 unspecified atom stereocenters. The summed E-state index contributed by atoms with van der Waals surface area (Å²) < 4.78 is 0. The van der Waals surface area contributed by atoms with Gasteiger partial charge in [-0.25, -0.2) is 4.98 Å². The van der Waals surface area contributed by atoms with Crippen molar-refractivity contribution in [1.29, 1.82) is 0 Å². The molecule has 1 aromatic carbocycles. The van der Waals surface area contributed by atoms with Gasteiger partial charge in [-0.15, -0.1) is 0 Å². The van der Waals surface area contributed by atoms with E-state index in [0.717, 1.165) is 53.9 Å². The lowest BCUT2D eigenvalue weighted by molar-refractivity contribution is 0.0724. The zero-order valence-electron chi connectivity index (χ0n) is 16.3. The van der Waals surface area contributed by atoms with E-state index in [1.165, 1.54) is 5.56 Å². The highest BCUT2D eigenvalue weighted by Gasteiger charge is 2.37. The molecule has 3 heterocycles. The monoisotopic (exact) mass is 376 g/mol. The predicted octanol–water partition coefficient (Wildman–Crippen LogP) is 4.00. The van der Waals surface area contributed by atoms with Crippen molar-refractivity contribution < 1.29 is 9.59 Å². The Kier molecular flexibility index (Phi) is 3.89. The van der Waals surface area contributed by atoms with Crippen LogP contribution >= 0.6 is 0 Å². The number of likely N-dealkylation sites (tertiary alicyclic amines) is 1. The number of amides is 1. The topological polar surface area (TPSA) is 81.8 Å². The number of benzene rings is 1. The molecule has 2 N–H and O–H groups in total. The molecule has 1 aliphatic heterocycles. The van der Waals surface area contributed by atoms with E-state index in [1.807, 2.05) is 24.0 Å². The second kappa shape index (κ2) is 6.33. The number of aryl methyl sites for hydroxylation is 3. The van der Waals surface area contributed by atoms with Crippen LogP contribution in [0.25, 0.3) is 11.0 Å². The molecule has 6 nitrogen and oxygen atoms in total. The highest BCUT2D eigenvalue weighted by molar-refractivity contribution is 6.10. The Hall–Kier alpha value is -2.89. The van der Waals surface area contributed by atoms with Crippen molar-refractivity contribution in [3.8, 4) is 0 Å². The van der Waals surface area contributed by atoms with E-state index in [4.69, 9.17) is 4.98 Å². The molecule has 1 atom stereocenters. The summed E-state index contributed by atoms with van der Waals surface area (Å²) >= 11 is 0. The first-order valence-electron chi connectivity index (χ1n) is 10.0. The number of ketones is 1. The van der Waals surface area contributed by atoms with Gasteiger partial charge in [0.1, 0.15) is 5.82 Å². The summed E-state index contributed by atoms with van der Waals surface area (Å²) in [5, 5.41) is 0. The number of rotatable bonds is 2. The number of fused-ring (bicyclic) bond motifs is 2. The molecule has 0 saturated carbocycles. The van der Waals surface area contributed by atoms with Gasteiger partial charge in [0.2, 0.25) is 0 Å². The number of hydrogen-bond acceptors (Lipinski definition) is 3. The molecule has 1 saturated heterocycles. The largest absolute Gasteiger partial charge is 0.361 e. The SMILES string of the molecule is Cc1ccc2nc([C@H]3CCCN3C(=O)c3c(C)[nH]c4c3C(=O)CCC4)[nH]c2c1. The van der Waals surface area contributed by atoms with Crippen molar-refractivity contribution in [2.75, 3.05) is 6.54 Å². The Morgan fingerprint density at radius 1 is 1.18 bits per heavy atom. The Labute approximate surface area is 163 Å². The predicted molar refractivity (Wildman–Crippen MR) is 107 cm³/mol. The van der Waals surface area contributed by atoms with E-state index in [0.29, 0.717) is 24.1 Å². The standard InChI is InChI=1S/C22H24N4O2/c1-12-8-9-14-16(11-12)25-21(24-14)17-6-4-10-26(17)22(28)19-13(2)23-15-5-3-7-18(27)20(15)19/h8-9,11,17,23H,3-7,10H2,1-2H3,(H,24,25)/t17-/m1/s1. The van der Waals surface area contributed by atoms with Crippen LogP contribution in [0.15, 0.2) is 18.2 Å². The number of nitrogens with zero attached hydrogens (tertiary/aromatic N) is 2. The fraction of sp³-hybridized carbons (Fsp3) is 0.409. The molecule has 5 rings (SSSR count). The first kappa shape index (κ1) is 17.2. The molecule has 1 amide bonds. The Balaban J connectivity index is 1.53. The first-order valence-corrected chi connectivity index (χ1v) is 10.0. The summed E-state index contributed by atoms with van der Waals surface area (Å²) in [6.07, 6.45) is 4.03. The van der Waals surface area contributed by atoms with Gasteiger partial charge in [-0.1, -0.05) is 6.07 Å². The van der Waals surface area contributed by atoms with Gasteiger partial charge < -0.3 is 14.9 Å². The van der Waals surface area contributed by atoms with Crippen molar-refractivity contribution in [2.24, 2.45) is 0 Å². The van der Waals surface area contributed by atoms with Gasteiger partial charge in [-0.05, 0) is 57.2 Å². The number of hydrogen-bond donors (Lipinski definition) is 2. The van der Waals surface area contributed by atoms with Crippen molar-refractivity contribution in [3.05, 3.63) is 52.1 Å². The normalized spacial score (nSPS) is 19.4. The lowest BCUT2D eigenvalue weighted by atomic mass is 9.92. The van der Waals surface area contributed by atoms with E-state index < -0.39 is 0 Å². The van der Waals surface area contributed by atoms with E-state index in [2.05, 4.69) is 23.0 Å². The molecule has 0 bridgehead atoms. The number of nitrogens with one attached hydrogen (secondary N) is 2. The first-order chi connectivity index (χ1) is 13.5. The van der Waals surface area contributed by atoms with Crippen molar-refractivity contribution in [1.82, 2.24) is 19.9 Å². The summed E-state index contributed by atoms with van der Waals surface area (Å²) in [4.78, 5) is 39.4. The van der Waals surface area contributed by atoms with E-state index in [1.54, 1.807) is 0 Å². The molecule has 1 aliphatic carbocycles. The van der Waals surface area contributed by atoms with Gasteiger partial charge in [0.05, 0.1) is 28.2 Å². The van der Waals surface area contributed by atoms with Gasteiger partial charge >= 0.3 is 0 Å². The summed E-state index contributed by atoms with van der Waals surface area (Å²) in [6, 6.07) is 6.06. The third-order valence-electron chi connectivity index (χ3n) is 6.07. The summed E-state index contributed by atoms with van der Waals surface area (Å²) in [7, 11) is 0. The van der Waals surface area contributed by atoms with Gasteiger partial charge in [-0.2, -0.15) is 0 Å². The Morgan fingerprint density at radius 2 is 2.04 bits per heavy atom. The quantitative estimate of drug-likeness (QED) is 0.709. The van der Waals surface area contributed by atoms with Crippen LogP contribution in [0.3, 0.4) is 0 Å². The Morgan fingerprint density at radius 3 is 2.89 bits per heavy atom. The zero-order valence-corrected chi connectivity index (χ0v) is 16.3. The fourth-order valence-corrected chi connectivity index (χ4v) is 4.74. The average molecular weight is 376 g/mol. The molecular weight excluding hydrogens is 352 g/mol. The lowest BCUT2D eigenvalue weighted by Crippen LogP contribution is -2.32. The van der Waals surface area contributed by atoms with Crippen molar-refractivity contribution >= 4 is 22.7 Å². The van der Waals surface area contributed by atoms with Gasteiger partial charge in [0.15, 0.2) is 5.78 Å². The van der Waals surface area contributed by atoms with Crippen molar-refractivity contribution in [2.45, 2.75) is 52.0 Å². The molecule has 1 fully saturated rings. The van der Waals surface area contributed by atoms with Crippen LogP contribution in [0, 0.1) is 13.8 Å². The highest BCUT2D eigenvalue weighted by Crippen LogP contribution is 2.35. The van der Waals surface area contributed by atoms with Gasteiger partial charge in [-0.3, -0.25) is 9.59 Å². The fourth-order valence-electron chi connectivity index (χ4n) is 4.74. The second-order valence-corrected chi connectivity index (χ2v) is 8.05. The average Bonchev–Trinajstić information content (AvgIpc) is 3.36. The number of H-pyrrole nitrogens is 2. The molecule has 2 aromatic heterocycles. The minimum atomic E-state index is -0.0798. The summed E-state index contributed by atoms with van der Waals surface area (Å²) in [5.41, 5.74) is 6.02. The van der Waals surface area contributed by atoms with Gasteiger partial charge in [0.25, 0.3) is 5.91 Å². The van der Waals surface area contributed by atoms with Crippen LogP contribution in [-0.4, -0.2) is 38.1 Å². The number of imidazole rings is 1. The zero-order chi connectivity index (χ0) is 19.4. The molecule has 0 radical (unpaired) electrons. The van der Waals surface area contributed by atoms with Crippen LogP contribution in [0.4, 0.5) is 0 Å². The van der Waals surface area contributed by atoms with Crippen LogP contribution < -0.4 is 0 Å². The molecule has 6 heteroatoms. The summed E-state index contributed by atoms with van der Waals surface area (Å²) in [6.45, 7) is 4.64. The van der Waals surface area contributed by atoms with Crippen LogP contribution in [-0.2, 0) is 6.42 Å². The molecule has 2 aliphatic rings. The van der Waals surface area contributed by atoms with Crippen LogP contribution in [0.5, 0.6) is 0 Å². The van der Waals surface area contributed by atoms with Crippen molar-refractivity contribution in [3.63, 3.8) is 0 Å². The number of aromatic nitrogens is 3. The van der Waals surface area contributed by atoms with Crippen LogP contribution in [0.2, 0.25) is 0 Å². The maximum atomic E-state index is 13.5.